The molecule has 9 nitrogen and oxygen atoms in total. The largest absolute Gasteiger partial charge is 0.421 e. The zero-order valence-electron chi connectivity index (χ0n) is 26.3. The number of aliphatic hydroxyl groups is 1. The van der Waals surface area contributed by atoms with Crippen molar-refractivity contribution in [2.24, 2.45) is 5.73 Å². The van der Waals surface area contributed by atoms with Crippen molar-refractivity contribution in [2.45, 2.75) is 57.9 Å². The van der Waals surface area contributed by atoms with Gasteiger partial charge in [0.05, 0.1) is 33.4 Å². The lowest BCUT2D eigenvalue weighted by atomic mass is 9.93. The van der Waals surface area contributed by atoms with Gasteiger partial charge in [-0.25, -0.2) is 4.39 Å². The van der Waals surface area contributed by atoms with Crippen LogP contribution in [-0.4, -0.2) is 50.7 Å². The quantitative estimate of drug-likeness (QED) is 0.221. The van der Waals surface area contributed by atoms with Gasteiger partial charge >= 0.3 is 0 Å². The molecule has 0 radical (unpaired) electrons. The molecule has 5 aromatic rings. The number of carbonyl (C=O) groups is 2. The van der Waals surface area contributed by atoms with E-state index in [0.717, 1.165) is 31.2 Å². The number of nitrogens with zero attached hydrogens (tertiary/aromatic N) is 4. The lowest BCUT2D eigenvalue weighted by Gasteiger charge is -2.16. The number of hydrogen-bond acceptors (Lipinski definition) is 8. The minimum Gasteiger partial charge on any atom is -0.421 e. The first-order valence-corrected chi connectivity index (χ1v) is 16.5. The van der Waals surface area contributed by atoms with Gasteiger partial charge in [0.15, 0.2) is 0 Å². The molecule has 242 valence electrons. The van der Waals surface area contributed by atoms with Gasteiger partial charge in [0.2, 0.25) is 11.8 Å². The summed E-state index contributed by atoms with van der Waals surface area (Å²) in [5, 5.41) is 15.3. The number of nitrogens with two attached hydrogens (primary N) is 1. The molecular formula is C36H36FN5O4S. The van der Waals surface area contributed by atoms with Crippen LogP contribution in [-0.2, 0) is 25.7 Å². The van der Waals surface area contributed by atoms with E-state index < -0.39 is 5.91 Å². The summed E-state index contributed by atoms with van der Waals surface area (Å²) < 4.78 is 19.3. The van der Waals surface area contributed by atoms with Gasteiger partial charge in [0.1, 0.15) is 5.82 Å². The van der Waals surface area contributed by atoms with E-state index in [1.807, 2.05) is 4.90 Å². The molecular weight excluding hydrogens is 617 g/mol. The Labute approximate surface area is 276 Å². The van der Waals surface area contributed by atoms with Crippen LogP contribution in [0.1, 0.15) is 79.3 Å². The second-order valence-corrected chi connectivity index (χ2v) is 12.7. The molecule has 2 aromatic carbocycles. The summed E-state index contributed by atoms with van der Waals surface area (Å²) in [6.45, 7) is 2.38. The molecule has 0 saturated carbocycles. The summed E-state index contributed by atoms with van der Waals surface area (Å²) in [5.41, 5.74) is 12.9. The Kier molecular flexibility index (Phi) is 9.55. The van der Waals surface area contributed by atoms with Crippen molar-refractivity contribution in [2.75, 3.05) is 13.7 Å². The smallest absolute Gasteiger partial charge is 0.258 e. The van der Waals surface area contributed by atoms with Crippen molar-refractivity contribution in [1.82, 2.24) is 20.1 Å². The van der Waals surface area contributed by atoms with Crippen LogP contribution in [0.5, 0.6) is 0 Å². The molecule has 8 rings (SSSR count). The third-order valence-corrected chi connectivity index (χ3v) is 9.87. The van der Waals surface area contributed by atoms with Crippen molar-refractivity contribution < 1.29 is 23.5 Å². The highest BCUT2D eigenvalue weighted by Gasteiger charge is 2.44. The van der Waals surface area contributed by atoms with Gasteiger partial charge in [-0.2, -0.15) is 0 Å². The van der Waals surface area contributed by atoms with E-state index in [9.17, 15) is 14.0 Å². The van der Waals surface area contributed by atoms with E-state index in [2.05, 4.69) is 34.5 Å². The molecule has 3 N–H and O–H groups in total. The van der Waals surface area contributed by atoms with Crippen molar-refractivity contribution in [3.05, 3.63) is 111 Å². The second kappa shape index (κ2) is 13.9. The Bertz CT molecular complexity index is 1900. The first kappa shape index (κ1) is 32.2. The van der Waals surface area contributed by atoms with Gasteiger partial charge < -0.3 is 20.2 Å². The standard InChI is InChI=1S/C26H22FN5O3S.C9H10.CH4O/c1-13-30-31-25(35-13)20-16(9-6-14-4-7-15(27)8-5-14)29-23-17-3-2-12-32(17)26(34)22(23)21(20)18-10-11-19(36-18)24(28)33;1-2-5-9-7-3-6-8(9)4-1;1-2/h4-5,7-8,10-11,17H,2-3,6,9,12H2,1H3,(H2,28,33);1-2,4-5H,3,6-7H2;2H,1H3. The summed E-state index contributed by atoms with van der Waals surface area (Å²) in [6, 6.07) is 18.5. The maximum Gasteiger partial charge on any atom is 0.258 e. The maximum atomic E-state index is 13.6. The van der Waals surface area contributed by atoms with Crippen molar-refractivity contribution >= 4 is 23.2 Å². The first-order chi connectivity index (χ1) is 22.9. The molecule has 0 bridgehead atoms. The number of fused-ring (bicyclic) bond motifs is 4. The molecule has 3 aliphatic rings. The van der Waals surface area contributed by atoms with Crippen molar-refractivity contribution in [1.29, 1.82) is 0 Å². The van der Waals surface area contributed by atoms with Gasteiger partial charge in [-0.15, -0.1) is 21.5 Å². The van der Waals surface area contributed by atoms with E-state index in [1.165, 1.54) is 42.7 Å². The molecule has 11 heteroatoms. The number of amides is 2. The van der Waals surface area contributed by atoms with Crippen LogP contribution in [0.3, 0.4) is 0 Å². The fourth-order valence-corrected chi connectivity index (χ4v) is 7.55. The number of hydrogen-bond donors (Lipinski definition) is 2. The molecule has 2 aliphatic heterocycles. The monoisotopic (exact) mass is 653 g/mol. The fourth-order valence-electron chi connectivity index (χ4n) is 6.64. The molecule has 0 spiro atoms. The van der Waals surface area contributed by atoms with E-state index in [0.29, 0.717) is 57.4 Å². The number of primary amides is 1. The topological polar surface area (TPSA) is 135 Å². The predicted molar refractivity (Wildman–Crippen MR) is 178 cm³/mol. The summed E-state index contributed by atoms with van der Waals surface area (Å²) in [4.78, 5) is 33.5. The van der Waals surface area contributed by atoms with Gasteiger partial charge in [-0.1, -0.05) is 36.4 Å². The average molecular weight is 654 g/mol. The zero-order chi connectivity index (χ0) is 33.1. The van der Waals surface area contributed by atoms with Crippen LogP contribution in [0, 0.1) is 12.7 Å². The fraction of sp³-hybridized carbons (Fsp3) is 0.306. The van der Waals surface area contributed by atoms with E-state index in [-0.39, 0.29) is 23.7 Å². The van der Waals surface area contributed by atoms with Crippen LogP contribution in [0.15, 0.2) is 65.1 Å². The number of aliphatic hydroxyl groups excluding tert-OH is 1. The Hall–Kier alpha value is -4.74. The van der Waals surface area contributed by atoms with Gasteiger partial charge in [0.25, 0.3) is 11.8 Å². The summed E-state index contributed by atoms with van der Waals surface area (Å²) in [7, 11) is 1.00. The Morgan fingerprint density at radius 1 is 0.979 bits per heavy atom. The lowest BCUT2D eigenvalue weighted by molar-refractivity contribution is 0.0776. The highest BCUT2D eigenvalue weighted by atomic mass is 32.1. The van der Waals surface area contributed by atoms with Crippen LogP contribution < -0.4 is 5.73 Å². The van der Waals surface area contributed by atoms with E-state index in [4.69, 9.17) is 20.2 Å². The molecule has 1 unspecified atom stereocenters. The normalized spacial score (nSPS) is 15.7. The maximum absolute atomic E-state index is 13.6. The molecule has 1 atom stereocenters. The number of thiophene rings is 1. The number of halogens is 1. The summed E-state index contributed by atoms with van der Waals surface area (Å²) in [5.74, 6) is -0.249. The molecule has 5 heterocycles. The van der Waals surface area contributed by atoms with Crippen LogP contribution in [0.25, 0.3) is 21.9 Å². The van der Waals surface area contributed by atoms with Crippen LogP contribution in [0.2, 0.25) is 0 Å². The number of carbonyl (C=O) groups excluding carboxylic acids is 2. The molecule has 2 amide bonds. The SMILES string of the molecule is CO.Cc1nnc(-c2c(CCc3ccc(F)cc3)nc3c(c2-c2ccc(C(N)=O)s2)C(=O)N2CCCC32)o1.c1ccc2c(c1)CCC2. The lowest BCUT2D eigenvalue weighted by Crippen LogP contribution is -2.22. The molecule has 3 aromatic heterocycles. The van der Waals surface area contributed by atoms with Gasteiger partial charge in [0, 0.05) is 31.0 Å². The molecule has 1 saturated heterocycles. The molecule has 1 fully saturated rings. The Morgan fingerprint density at radius 3 is 2.34 bits per heavy atom. The predicted octanol–water partition coefficient (Wildman–Crippen LogP) is 6.27. The Morgan fingerprint density at radius 2 is 1.70 bits per heavy atom. The van der Waals surface area contributed by atoms with E-state index >= 15 is 0 Å². The van der Waals surface area contributed by atoms with Crippen LogP contribution in [0.4, 0.5) is 4.39 Å². The number of aryl methyl sites for hydroxylation is 5. The molecule has 47 heavy (non-hydrogen) atoms. The number of pyridine rings is 1. The number of benzene rings is 2. The third kappa shape index (κ3) is 6.45. The summed E-state index contributed by atoms with van der Waals surface area (Å²) >= 11 is 1.23. The zero-order valence-corrected chi connectivity index (χ0v) is 27.1. The summed E-state index contributed by atoms with van der Waals surface area (Å²) in [6.07, 6.45) is 6.85. The molecule has 1 aliphatic carbocycles. The Balaban J connectivity index is 0.000000298. The second-order valence-electron chi connectivity index (χ2n) is 11.6. The van der Waals surface area contributed by atoms with Gasteiger partial charge in [-0.05, 0) is 85.9 Å². The minimum atomic E-state index is -0.532. The van der Waals surface area contributed by atoms with Crippen LogP contribution >= 0.6 is 11.3 Å². The number of aromatic nitrogens is 3. The number of rotatable bonds is 6. The highest BCUT2D eigenvalue weighted by Crippen LogP contribution is 2.49. The minimum absolute atomic E-state index is 0.0772. The first-order valence-electron chi connectivity index (χ1n) is 15.7. The van der Waals surface area contributed by atoms with Crippen molar-refractivity contribution in [3.8, 4) is 21.9 Å². The van der Waals surface area contributed by atoms with E-state index in [1.54, 1.807) is 42.3 Å². The van der Waals surface area contributed by atoms with Gasteiger partial charge in [-0.3, -0.25) is 14.6 Å². The third-order valence-electron chi connectivity index (χ3n) is 8.75. The highest BCUT2D eigenvalue weighted by molar-refractivity contribution is 7.17. The van der Waals surface area contributed by atoms with Crippen molar-refractivity contribution in [3.63, 3.8) is 0 Å². The average Bonchev–Trinajstić information content (AvgIpc) is 3.93.